The lowest BCUT2D eigenvalue weighted by molar-refractivity contribution is 0.412. The SMILES string of the molecule is COc1ccc(CC(CBr)c2ccccc2C)cc1Br. The van der Waals surface area contributed by atoms with Gasteiger partial charge in [-0.25, -0.2) is 0 Å². The third kappa shape index (κ3) is 3.64. The van der Waals surface area contributed by atoms with Crippen molar-refractivity contribution in [1.82, 2.24) is 0 Å². The fraction of sp³-hybridized carbons (Fsp3) is 0.294. The highest BCUT2D eigenvalue weighted by Gasteiger charge is 2.14. The summed E-state index contributed by atoms with van der Waals surface area (Å²) in [6, 6.07) is 14.9. The van der Waals surface area contributed by atoms with Gasteiger partial charge < -0.3 is 4.74 Å². The van der Waals surface area contributed by atoms with Crippen molar-refractivity contribution in [2.45, 2.75) is 19.3 Å². The number of aryl methyl sites for hydroxylation is 1. The van der Waals surface area contributed by atoms with Crippen LogP contribution in [0, 0.1) is 6.92 Å². The van der Waals surface area contributed by atoms with Gasteiger partial charge in [0.05, 0.1) is 11.6 Å². The van der Waals surface area contributed by atoms with Crippen LogP contribution in [0.3, 0.4) is 0 Å². The molecule has 1 unspecified atom stereocenters. The van der Waals surface area contributed by atoms with E-state index in [4.69, 9.17) is 4.74 Å². The number of alkyl halides is 1. The molecular weight excluding hydrogens is 380 g/mol. The molecule has 2 aromatic rings. The van der Waals surface area contributed by atoms with Gasteiger partial charge in [-0.1, -0.05) is 46.3 Å². The van der Waals surface area contributed by atoms with Gasteiger partial charge in [-0.05, 0) is 64.0 Å². The van der Waals surface area contributed by atoms with Crippen LogP contribution in [-0.4, -0.2) is 12.4 Å². The van der Waals surface area contributed by atoms with Crippen molar-refractivity contribution in [2.75, 3.05) is 12.4 Å². The quantitative estimate of drug-likeness (QED) is 0.606. The molecule has 20 heavy (non-hydrogen) atoms. The summed E-state index contributed by atoms with van der Waals surface area (Å²) in [7, 11) is 1.69. The Balaban J connectivity index is 2.23. The maximum Gasteiger partial charge on any atom is 0.133 e. The molecule has 1 atom stereocenters. The molecule has 0 radical (unpaired) electrons. The summed E-state index contributed by atoms with van der Waals surface area (Å²) < 4.78 is 6.29. The molecule has 0 aliphatic carbocycles. The molecule has 0 bridgehead atoms. The molecule has 2 aromatic carbocycles. The van der Waals surface area contributed by atoms with E-state index in [1.807, 2.05) is 6.07 Å². The maximum atomic E-state index is 5.28. The topological polar surface area (TPSA) is 9.23 Å². The molecular formula is C17H18Br2O. The van der Waals surface area contributed by atoms with Gasteiger partial charge in [0.2, 0.25) is 0 Å². The lowest BCUT2D eigenvalue weighted by Gasteiger charge is -2.17. The zero-order valence-electron chi connectivity index (χ0n) is 11.7. The molecule has 0 N–H and O–H groups in total. The van der Waals surface area contributed by atoms with Gasteiger partial charge in [-0.3, -0.25) is 0 Å². The number of ether oxygens (including phenoxy) is 1. The number of hydrogen-bond donors (Lipinski definition) is 0. The minimum Gasteiger partial charge on any atom is -0.496 e. The largest absolute Gasteiger partial charge is 0.496 e. The number of rotatable bonds is 5. The zero-order valence-corrected chi connectivity index (χ0v) is 14.9. The van der Waals surface area contributed by atoms with Crippen molar-refractivity contribution in [3.05, 3.63) is 63.6 Å². The lowest BCUT2D eigenvalue weighted by atomic mass is 9.91. The Morgan fingerprint density at radius 1 is 1.15 bits per heavy atom. The fourth-order valence-electron chi connectivity index (χ4n) is 2.41. The van der Waals surface area contributed by atoms with Gasteiger partial charge >= 0.3 is 0 Å². The van der Waals surface area contributed by atoms with Crippen molar-refractivity contribution in [1.29, 1.82) is 0 Å². The minimum absolute atomic E-state index is 0.483. The van der Waals surface area contributed by atoms with Crippen LogP contribution >= 0.6 is 31.9 Å². The Hall–Kier alpha value is -0.800. The molecule has 0 saturated carbocycles. The summed E-state index contributed by atoms with van der Waals surface area (Å²) in [5, 5.41) is 0.960. The molecule has 3 heteroatoms. The lowest BCUT2D eigenvalue weighted by Crippen LogP contribution is -2.06. The van der Waals surface area contributed by atoms with E-state index in [2.05, 4.69) is 75.2 Å². The summed E-state index contributed by atoms with van der Waals surface area (Å²) in [5.41, 5.74) is 4.08. The average Bonchev–Trinajstić information content (AvgIpc) is 2.46. The molecule has 0 aromatic heterocycles. The predicted octanol–water partition coefficient (Wildman–Crippen LogP) is 5.49. The second-order valence-corrected chi connectivity index (χ2v) is 6.38. The molecule has 0 saturated heterocycles. The van der Waals surface area contributed by atoms with E-state index in [0.717, 1.165) is 22.0 Å². The van der Waals surface area contributed by atoms with Crippen LogP contribution in [0.5, 0.6) is 5.75 Å². The van der Waals surface area contributed by atoms with E-state index in [1.54, 1.807) is 7.11 Å². The van der Waals surface area contributed by atoms with E-state index >= 15 is 0 Å². The van der Waals surface area contributed by atoms with Crippen LogP contribution in [0.4, 0.5) is 0 Å². The molecule has 0 amide bonds. The maximum absolute atomic E-state index is 5.28. The van der Waals surface area contributed by atoms with Crippen LogP contribution in [0.2, 0.25) is 0 Å². The first-order valence-corrected chi connectivity index (χ1v) is 8.51. The highest BCUT2D eigenvalue weighted by atomic mass is 79.9. The van der Waals surface area contributed by atoms with Crippen LogP contribution in [0.15, 0.2) is 46.9 Å². The summed E-state index contributed by atoms with van der Waals surface area (Å²) in [6.07, 6.45) is 1.01. The molecule has 0 spiro atoms. The molecule has 0 aliphatic heterocycles. The van der Waals surface area contributed by atoms with E-state index < -0.39 is 0 Å². The molecule has 1 nitrogen and oxygen atoms in total. The molecule has 2 rings (SSSR count). The summed E-state index contributed by atoms with van der Waals surface area (Å²) >= 11 is 7.21. The Kier molecular flexibility index (Phi) is 5.67. The van der Waals surface area contributed by atoms with Gasteiger partial charge in [0.1, 0.15) is 5.75 Å². The smallest absolute Gasteiger partial charge is 0.133 e. The number of hydrogen-bond acceptors (Lipinski definition) is 1. The summed E-state index contributed by atoms with van der Waals surface area (Å²) in [6.45, 7) is 2.18. The molecule has 0 heterocycles. The summed E-state index contributed by atoms with van der Waals surface area (Å²) in [4.78, 5) is 0. The highest BCUT2D eigenvalue weighted by Crippen LogP contribution is 2.30. The van der Waals surface area contributed by atoms with Gasteiger partial charge in [0.25, 0.3) is 0 Å². The van der Waals surface area contributed by atoms with E-state index in [-0.39, 0.29) is 0 Å². The third-order valence-corrected chi connectivity index (χ3v) is 4.91. The Morgan fingerprint density at radius 3 is 2.50 bits per heavy atom. The highest BCUT2D eigenvalue weighted by molar-refractivity contribution is 9.10. The fourth-order valence-corrected chi connectivity index (χ4v) is 3.58. The number of halogens is 2. The molecule has 106 valence electrons. The van der Waals surface area contributed by atoms with Crippen LogP contribution in [0.1, 0.15) is 22.6 Å². The van der Waals surface area contributed by atoms with Crippen molar-refractivity contribution in [3.63, 3.8) is 0 Å². The normalized spacial score (nSPS) is 12.2. The third-order valence-electron chi connectivity index (χ3n) is 3.51. The van der Waals surface area contributed by atoms with Gasteiger partial charge in [-0.15, -0.1) is 0 Å². The van der Waals surface area contributed by atoms with Crippen molar-refractivity contribution < 1.29 is 4.74 Å². The van der Waals surface area contributed by atoms with Crippen molar-refractivity contribution >= 4 is 31.9 Å². The van der Waals surface area contributed by atoms with Crippen molar-refractivity contribution in [3.8, 4) is 5.75 Å². The first kappa shape index (κ1) is 15.6. The van der Waals surface area contributed by atoms with Crippen molar-refractivity contribution in [2.24, 2.45) is 0 Å². The van der Waals surface area contributed by atoms with E-state index in [1.165, 1.54) is 16.7 Å². The zero-order chi connectivity index (χ0) is 14.5. The molecule has 0 aliphatic rings. The van der Waals surface area contributed by atoms with Crippen LogP contribution in [-0.2, 0) is 6.42 Å². The van der Waals surface area contributed by atoms with Crippen LogP contribution < -0.4 is 4.74 Å². The van der Waals surface area contributed by atoms with Gasteiger partial charge in [0, 0.05) is 5.33 Å². The number of benzene rings is 2. The monoisotopic (exact) mass is 396 g/mol. The second kappa shape index (κ2) is 7.28. The Bertz CT molecular complexity index is 581. The Labute approximate surface area is 137 Å². The van der Waals surface area contributed by atoms with E-state index in [0.29, 0.717) is 5.92 Å². The van der Waals surface area contributed by atoms with Gasteiger partial charge in [-0.2, -0.15) is 0 Å². The average molecular weight is 398 g/mol. The molecule has 0 fully saturated rings. The first-order valence-electron chi connectivity index (χ1n) is 6.59. The second-order valence-electron chi connectivity index (χ2n) is 4.88. The standard InChI is InChI=1S/C17H18Br2O/c1-12-5-3-4-6-15(12)14(11-18)9-13-7-8-17(20-2)16(19)10-13/h3-8,10,14H,9,11H2,1-2H3. The first-order chi connectivity index (χ1) is 9.65. The van der Waals surface area contributed by atoms with E-state index in [9.17, 15) is 0 Å². The number of methoxy groups -OCH3 is 1. The predicted molar refractivity (Wildman–Crippen MR) is 92.1 cm³/mol. The summed E-state index contributed by atoms with van der Waals surface area (Å²) in [5.74, 6) is 1.36. The van der Waals surface area contributed by atoms with Gasteiger partial charge in [0.15, 0.2) is 0 Å². The van der Waals surface area contributed by atoms with Crippen LogP contribution in [0.25, 0.3) is 0 Å². The Morgan fingerprint density at radius 2 is 1.90 bits per heavy atom. The minimum atomic E-state index is 0.483.